The summed E-state index contributed by atoms with van der Waals surface area (Å²) in [6.45, 7) is 8.83. The third kappa shape index (κ3) is 8.33. The molecule has 2 fully saturated rings. The van der Waals surface area contributed by atoms with E-state index < -0.39 is 5.60 Å². The summed E-state index contributed by atoms with van der Waals surface area (Å²) in [5.41, 5.74) is 1.99. The number of benzene rings is 1. The van der Waals surface area contributed by atoms with E-state index in [0.717, 1.165) is 38.0 Å². The summed E-state index contributed by atoms with van der Waals surface area (Å²) in [5.74, 6) is 0.514. The van der Waals surface area contributed by atoms with Crippen LogP contribution in [0.2, 0.25) is 0 Å². The molecule has 2 unspecified atom stereocenters. The molecule has 1 aromatic carbocycles. The number of hydrogen-bond acceptors (Lipinski definition) is 5. The molecule has 1 aliphatic heterocycles. The van der Waals surface area contributed by atoms with Gasteiger partial charge in [0.2, 0.25) is 0 Å². The highest BCUT2D eigenvalue weighted by molar-refractivity contribution is 5.87. The maximum absolute atomic E-state index is 12.9. The van der Waals surface area contributed by atoms with Crippen LogP contribution in [0.15, 0.2) is 35.4 Å². The molecular formula is C27H43N3O3. The van der Waals surface area contributed by atoms with E-state index in [1.807, 2.05) is 43.9 Å². The molecule has 6 nitrogen and oxygen atoms in total. The van der Waals surface area contributed by atoms with Gasteiger partial charge >= 0.3 is 6.09 Å². The molecule has 0 aromatic heterocycles. The first kappa shape index (κ1) is 25.5. The topological polar surface area (TPSA) is 54.4 Å². The van der Waals surface area contributed by atoms with E-state index in [9.17, 15) is 4.79 Å². The van der Waals surface area contributed by atoms with Gasteiger partial charge in [-0.1, -0.05) is 36.8 Å². The molecule has 2 atom stereocenters. The average Bonchev–Trinajstić information content (AvgIpc) is 3.20. The second-order valence-electron chi connectivity index (χ2n) is 10.5. The van der Waals surface area contributed by atoms with Crippen LogP contribution in [0.3, 0.4) is 0 Å². The van der Waals surface area contributed by atoms with Gasteiger partial charge in [0, 0.05) is 32.5 Å². The van der Waals surface area contributed by atoms with Crippen LogP contribution < -0.4 is 0 Å². The first-order chi connectivity index (χ1) is 15.9. The first-order valence-electron chi connectivity index (χ1n) is 12.7. The van der Waals surface area contributed by atoms with Crippen molar-refractivity contribution < 1.29 is 14.3 Å². The van der Waals surface area contributed by atoms with E-state index in [4.69, 9.17) is 14.6 Å². The number of hydrazone groups is 1. The zero-order valence-corrected chi connectivity index (χ0v) is 21.1. The minimum atomic E-state index is -0.496. The summed E-state index contributed by atoms with van der Waals surface area (Å²) in [6, 6.07) is 10.6. The Morgan fingerprint density at radius 2 is 1.94 bits per heavy atom. The van der Waals surface area contributed by atoms with Gasteiger partial charge in [-0.15, -0.1) is 0 Å². The summed E-state index contributed by atoms with van der Waals surface area (Å²) in [5, 5.41) is 7.41. The minimum absolute atomic E-state index is 0.233. The summed E-state index contributed by atoms with van der Waals surface area (Å²) in [4.78, 5) is 14.8. The second kappa shape index (κ2) is 12.4. The molecule has 1 saturated carbocycles. The Hall–Kier alpha value is -2.08. The van der Waals surface area contributed by atoms with Crippen LogP contribution in [0, 0.1) is 5.92 Å². The Morgan fingerprint density at radius 3 is 2.67 bits per heavy atom. The van der Waals surface area contributed by atoms with Crippen molar-refractivity contribution in [2.45, 2.75) is 90.3 Å². The van der Waals surface area contributed by atoms with E-state index >= 15 is 0 Å². The third-order valence-electron chi connectivity index (χ3n) is 6.52. The lowest BCUT2D eigenvalue weighted by Gasteiger charge is -2.30. The molecule has 3 rings (SSSR count). The van der Waals surface area contributed by atoms with E-state index in [0.29, 0.717) is 25.0 Å². The number of nitrogens with zero attached hydrogens (tertiary/aromatic N) is 3. The summed E-state index contributed by atoms with van der Waals surface area (Å²) >= 11 is 0. The van der Waals surface area contributed by atoms with Crippen LogP contribution in [-0.4, -0.2) is 60.2 Å². The highest BCUT2D eigenvalue weighted by atomic mass is 16.6. The molecule has 0 N–H and O–H groups in total. The molecule has 33 heavy (non-hydrogen) atoms. The lowest BCUT2D eigenvalue weighted by Crippen LogP contribution is -2.37. The Morgan fingerprint density at radius 1 is 1.15 bits per heavy atom. The van der Waals surface area contributed by atoms with E-state index in [1.165, 1.54) is 37.8 Å². The van der Waals surface area contributed by atoms with Gasteiger partial charge in [-0.25, -0.2) is 4.79 Å². The fraction of sp³-hybridized carbons (Fsp3) is 0.704. The van der Waals surface area contributed by atoms with Crippen molar-refractivity contribution in [3.63, 3.8) is 0 Å². The van der Waals surface area contributed by atoms with Gasteiger partial charge in [-0.05, 0) is 77.2 Å². The molecule has 1 aliphatic carbocycles. The Bertz CT molecular complexity index is 760. The van der Waals surface area contributed by atoms with Crippen molar-refractivity contribution in [3.05, 3.63) is 35.9 Å². The number of rotatable bonds is 9. The number of ether oxygens (including phenoxy) is 2. The fourth-order valence-electron chi connectivity index (χ4n) is 4.88. The van der Waals surface area contributed by atoms with Crippen molar-refractivity contribution >= 4 is 11.8 Å². The number of amides is 1. The average molecular weight is 458 g/mol. The first-order valence-corrected chi connectivity index (χ1v) is 12.7. The summed E-state index contributed by atoms with van der Waals surface area (Å²) in [6.07, 6.45) is 8.95. The third-order valence-corrected chi connectivity index (χ3v) is 6.52. The van der Waals surface area contributed by atoms with Crippen molar-refractivity contribution in [1.82, 2.24) is 9.91 Å². The van der Waals surface area contributed by atoms with Crippen LogP contribution in [0.5, 0.6) is 0 Å². The molecule has 0 bridgehead atoms. The van der Waals surface area contributed by atoms with Gasteiger partial charge in [0.25, 0.3) is 0 Å². The monoisotopic (exact) mass is 457 g/mol. The summed E-state index contributed by atoms with van der Waals surface area (Å²) < 4.78 is 11.1. The molecule has 184 valence electrons. The number of methoxy groups -OCH3 is 1. The molecule has 6 heteroatoms. The predicted molar refractivity (Wildman–Crippen MR) is 133 cm³/mol. The van der Waals surface area contributed by atoms with E-state index in [-0.39, 0.29) is 6.09 Å². The number of carbonyl (C=O) groups is 1. The van der Waals surface area contributed by atoms with Crippen LogP contribution in [-0.2, 0) is 16.0 Å². The molecule has 0 radical (unpaired) electrons. The smallest absolute Gasteiger partial charge is 0.410 e. The van der Waals surface area contributed by atoms with Crippen LogP contribution in [0.4, 0.5) is 4.79 Å². The molecule has 2 aliphatic rings. The van der Waals surface area contributed by atoms with Crippen LogP contribution >= 0.6 is 0 Å². The van der Waals surface area contributed by atoms with Crippen molar-refractivity contribution in [3.8, 4) is 0 Å². The van der Waals surface area contributed by atoms with Gasteiger partial charge in [0.1, 0.15) is 5.60 Å². The zero-order chi connectivity index (χ0) is 23.7. The fourth-order valence-corrected chi connectivity index (χ4v) is 4.88. The quantitative estimate of drug-likeness (QED) is 0.466. The second-order valence-corrected chi connectivity index (χ2v) is 10.5. The zero-order valence-electron chi connectivity index (χ0n) is 21.1. The largest absolute Gasteiger partial charge is 0.444 e. The SMILES string of the molecule is COCC1CCCN1N=C1CCCCC1CCCN(Cc1ccccc1)C(=O)OC(C)(C)C. The molecule has 1 aromatic rings. The maximum atomic E-state index is 12.9. The molecule has 1 saturated heterocycles. The number of carbonyl (C=O) groups excluding carboxylic acids is 1. The van der Waals surface area contributed by atoms with Crippen molar-refractivity contribution in [2.24, 2.45) is 11.0 Å². The van der Waals surface area contributed by atoms with Crippen molar-refractivity contribution in [1.29, 1.82) is 0 Å². The van der Waals surface area contributed by atoms with Gasteiger partial charge in [-0.3, -0.25) is 5.01 Å². The van der Waals surface area contributed by atoms with Crippen LogP contribution in [0.25, 0.3) is 0 Å². The molecule has 1 heterocycles. The molecule has 0 spiro atoms. The summed E-state index contributed by atoms with van der Waals surface area (Å²) in [7, 11) is 1.78. The standard InChI is InChI=1S/C27H43N3O3/c1-27(2,3)33-26(31)29(20-22-12-6-5-7-13-22)18-10-15-23-14-8-9-17-25(23)28-30-19-11-16-24(30)21-32-4/h5-7,12-13,23-24H,8-11,14-21H2,1-4H3. The maximum Gasteiger partial charge on any atom is 0.410 e. The van der Waals surface area contributed by atoms with Gasteiger partial charge in [0.15, 0.2) is 0 Å². The lowest BCUT2D eigenvalue weighted by molar-refractivity contribution is 0.0229. The Kier molecular flexibility index (Phi) is 9.60. The minimum Gasteiger partial charge on any atom is -0.444 e. The number of hydrogen-bond donors (Lipinski definition) is 0. The predicted octanol–water partition coefficient (Wildman–Crippen LogP) is 5.86. The van der Waals surface area contributed by atoms with E-state index in [2.05, 4.69) is 17.1 Å². The molecular weight excluding hydrogens is 414 g/mol. The highest BCUT2D eigenvalue weighted by Crippen LogP contribution is 2.28. The highest BCUT2D eigenvalue weighted by Gasteiger charge is 2.27. The normalized spacial score (nSPS) is 22.5. The lowest BCUT2D eigenvalue weighted by atomic mass is 9.84. The van der Waals surface area contributed by atoms with Gasteiger partial charge in [-0.2, -0.15) is 5.10 Å². The molecule has 1 amide bonds. The Labute approximate surface area is 200 Å². The van der Waals surface area contributed by atoms with Crippen molar-refractivity contribution in [2.75, 3.05) is 26.8 Å². The van der Waals surface area contributed by atoms with Gasteiger partial charge < -0.3 is 14.4 Å². The van der Waals surface area contributed by atoms with Crippen LogP contribution in [0.1, 0.15) is 77.7 Å². The van der Waals surface area contributed by atoms with E-state index in [1.54, 1.807) is 7.11 Å². The van der Waals surface area contributed by atoms with Gasteiger partial charge in [0.05, 0.1) is 12.6 Å². The Balaban J connectivity index is 1.60.